The molecule has 2 aromatic carbocycles. The monoisotopic (exact) mass is 492 g/mol. The van der Waals surface area contributed by atoms with Gasteiger partial charge in [-0.3, -0.25) is 14.5 Å². The summed E-state index contributed by atoms with van der Waals surface area (Å²) in [5.74, 6) is 0.872. The van der Waals surface area contributed by atoms with Crippen molar-refractivity contribution in [2.75, 3.05) is 32.8 Å². The molecule has 0 spiro atoms. The van der Waals surface area contributed by atoms with Crippen LogP contribution in [0.2, 0.25) is 0 Å². The molecule has 4 aromatic rings. The van der Waals surface area contributed by atoms with E-state index in [9.17, 15) is 9.59 Å². The minimum atomic E-state index is 0.0716. The molecule has 1 amide bonds. The minimum Gasteiger partial charge on any atom is -0.492 e. The number of ether oxygens (including phenoxy) is 1. The number of nitrogens with zero attached hydrogens (tertiary/aromatic N) is 3. The van der Waals surface area contributed by atoms with Gasteiger partial charge in [-0.1, -0.05) is 24.3 Å². The number of benzene rings is 2. The average molecular weight is 493 g/mol. The molecule has 7 nitrogen and oxygen atoms in total. The number of aryl methyl sites for hydroxylation is 1. The average Bonchev–Trinajstić information content (AvgIpc) is 3.41. The number of rotatable bonds is 6. The first-order valence-corrected chi connectivity index (χ1v) is 12.6. The second kappa shape index (κ2) is 9.67. The molecule has 3 heterocycles. The number of nitrogens with one attached hydrogen (secondary N) is 1. The zero-order valence-electron chi connectivity index (χ0n) is 20.7. The number of carbonyl (C=O) groups is 1. The van der Waals surface area contributed by atoms with E-state index in [1.54, 1.807) is 4.57 Å². The van der Waals surface area contributed by atoms with Gasteiger partial charge in [0.1, 0.15) is 12.4 Å². The van der Waals surface area contributed by atoms with Crippen LogP contribution in [0, 0.1) is 0 Å². The van der Waals surface area contributed by atoms with Gasteiger partial charge in [0.2, 0.25) is 5.91 Å². The van der Waals surface area contributed by atoms with Gasteiger partial charge >= 0.3 is 0 Å². The molecule has 2 aliphatic rings. The second-order valence-electron chi connectivity index (χ2n) is 9.56. The van der Waals surface area contributed by atoms with Crippen molar-refractivity contribution in [3.63, 3.8) is 0 Å². The molecule has 7 heteroatoms. The summed E-state index contributed by atoms with van der Waals surface area (Å²) in [6.45, 7) is 3.24. The SMILES string of the molecule is Cn1cc(-c2ccc3nc(-c4ccc(OCCN5CCNC(=O)C5)cc4)ccc3c2)c2c(c1=O)CC=C2. The molecule has 1 fully saturated rings. The van der Waals surface area contributed by atoms with Gasteiger partial charge in [0.05, 0.1) is 17.8 Å². The Morgan fingerprint density at radius 2 is 1.86 bits per heavy atom. The van der Waals surface area contributed by atoms with Gasteiger partial charge in [0.25, 0.3) is 5.56 Å². The van der Waals surface area contributed by atoms with Gasteiger partial charge in [-0.25, -0.2) is 4.98 Å². The van der Waals surface area contributed by atoms with Gasteiger partial charge in [-0.15, -0.1) is 0 Å². The number of amides is 1. The van der Waals surface area contributed by atoms with Gasteiger partial charge in [-0.05, 0) is 60.0 Å². The maximum atomic E-state index is 12.5. The molecule has 0 bridgehead atoms. The van der Waals surface area contributed by atoms with E-state index in [-0.39, 0.29) is 11.5 Å². The van der Waals surface area contributed by atoms with Gasteiger partial charge in [0.15, 0.2) is 0 Å². The highest BCUT2D eigenvalue weighted by atomic mass is 16.5. The number of allylic oxidation sites excluding steroid dienone is 1. The standard InChI is InChI=1S/C30H28N4O3/c1-33-18-26(24-3-2-4-25(24)30(33)36)21-7-11-28-22(17-21)8-12-27(32-28)20-5-9-23(10-6-20)37-16-15-34-14-13-31-29(35)19-34/h2-3,5-12,17-18H,4,13-16,19H2,1H3,(H,31,35). The maximum absolute atomic E-state index is 12.5. The fraction of sp³-hybridized carbons (Fsp3) is 0.233. The maximum Gasteiger partial charge on any atom is 0.254 e. The third-order valence-corrected chi connectivity index (χ3v) is 7.07. The Labute approximate surface area is 215 Å². The van der Waals surface area contributed by atoms with Crippen LogP contribution in [0.1, 0.15) is 11.1 Å². The zero-order valence-corrected chi connectivity index (χ0v) is 20.7. The molecular formula is C30H28N4O3. The summed E-state index contributed by atoms with van der Waals surface area (Å²) in [7, 11) is 1.81. The third-order valence-electron chi connectivity index (χ3n) is 7.07. The van der Waals surface area contributed by atoms with Crippen LogP contribution in [0.4, 0.5) is 0 Å². The Bertz CT molecular complexity index is 1590. The van der Waals surface area contributed by atoms with E-state index in [1.807, 2.05) is 49.6 Å². The van der Waals surface area contributed by atoms with Crippen LogP contribution < -0.4 is 15.6 Å². The quantitative estimate of drug-likeness (QED) is 0.445. The minimum absolute atomic E-state index is 0.0716. The summed E-state index contributed by atoms with van der Waals surface area (Å²) in [6.07, 6.45) is 6.72. The molecule has 0 saturated carbocycles. The lowest BCUT2D eigenvalue weighted by molar-refractivity contribution is -0.124. The number of hydrogen-bond donors (Lipinski definition) is 1. The van der Waals surface area contributed by atoms with Crippen LogP contribution in [-0.4, -0.2) is 53.1 Å². The molecule has 6 rings (SSSR count). The molecule has 1 N–H and O–H groups in total. The number of piperazine rings is 1. The van der Waals surface area contributed by atoms with E-state index < -0.39 is 0 Å². The molecule has 2 aromatic heterocycles. The van der Waals surface area contributed by atoms with Crippen molar-refractivity contribution >= 4 is 22.9 Å². The predicted octanol–water partition coefficient (Wildman–Crippen LogP) is 3.65. The van der Waals surface area contributed by atoms with E-state index in [1.165, 1.54) is 0 Å². The lowest BCUT2D eigenvalue weighted by atomic mass is 9.98. The third kappa shape index (κ3) is 4.66. The first kappa shape index (κ1) is 23.2. The summed E-state index contributed by atoms with van der Waals surface area (Å²) in [4.78, 5) is 30.9. The first-order valence-electron chi connectivity index (χ1n) is 12.6. The highest BCUT2D eigenvalue weighted by molar-refractivity contribution is 5.88. The lowest BCUT2D eigenvalue weighted by Crippen LogP contribution is -2.48. The number of fused-ring (bicyclic) bond motifs is 2. The van der Waals surface area contributed by atoms with E-state index >= 15 is 0 Å². The van der Waals surface area contributed by atoms with Crippen molar-refractivity contribution in [1.29, 1.82) is 0 Å². The fourth-order valence-corrected chi connectivity index (χ4v) is 5.08. The van der Waals surface area contributed by atoms with E-state index in [0.717, 1.165) is 63.3 Å². The van der Waals surface area contributed by atoms with Crippen molar-refractivity contribution in [1.82, 2.24) is 19.8 Å². The van der Waals surface area contributed by atoms with Crippen LogP contribution in [0.25, 0.3) is 39.4 Å². The van der Waals surface area contributed by atoms with E-state index in [4.69, 9.17) is 9.72 Å². The lowest BCUT2D eigenvalue weighted by Gasteiger charge is -2.26. The van der Waals surface area contributed by atoms with Crippen LogP contribution in [0.5, 0.6) is 5.75 Å². The van der Waals surface area contributed by atoms with Crippen LogP contribution in [-0.2, 0) is 18.3 Å². The Kier molecular flexibility index (Phi) is 6.06. The fourth-order valence-electron chi connectivity index (χ4n) is 5.08. The number of carbonyl (C=O) groups excluding carboxylic acids is 1. The van der Waals surface area contributed by atoms with E-state index in [0.29, 0.717) is 26.1 Å². The Hall–Kier alpha value is -4.23. The molecule has 186 valence electrons. The summed E-state index contributed by atoms with van der Waals surface area (Å²) < 4.78 is 7.56. The molecule has 0 atom stereocenters. The van der Waals surface area contributed by atoms with Gasteiger partial charge in [-0.2, -0.15) is 0 Å². The largest absolute Gasteiger partial charge is 0.492 e. The molecule has 1 aliphatic heterocycles. The Morgan fingerprint density at radius 3 is 2.70 bits per heavy atom. The summed E-state index contributed by atoms with van der Waals surface area (Å²) in [5, 5.41) is 3.89. The van der Waals surface area contributed by atoms with Crippen molar-refractivity contribution in [2.45, 2.75) is 6.42 Å². The van der Waals surface area contributed by atoms with Crippen LogP contribution in [0.3, 0.4) is 0 Å². The van der Waals surface area contributed by atoms with Gasteiger partial charge < -0.3 is 14.6 Å². The zero-order chi connectivity index (χ0) is 25.4. The number of pyridine rings is 2. The predicted molar refractivity (Wildman–Crippen MR) is 146 cm³/mol. The van der Waals surface area contributed by atoms with Crippen LogP contribution in [0.15, 0.2) is 71.7 Å². The van der Waals surface area contributed by atoms with E-state index in [2.05, 4.69) is 40.6 Å². The van der Waals surface area contributed by atoms with Crippen molar-refractivity contribution < 1.29 is 9.53 Å². The number of hydrogen-bond acceptors (Lipinski definition) is 5. The number of aromatic nitrogens is 2. The smallest absolute Gasteiger partial charge is 0.254 e. The Balaban J connectivity index is 1.18. The van der Waals surface area contributed by atoms with Crippen molar-refractivity contribution in [3.05, 3.63) is 88.4 Å². The topological polar surface area (TPSA) is 76.5 Å². The van der Waals surface area contributed by atoms with Crippen LogP contribution >= 0.6 is 0 Å². The van der Waals surface area contributed by atoms with Gasteiger partial charge in [0, 0.05) is 55.0 Å². The Morgan fingerprint density at radius 1 is 1.03 bits per heavy atom. The molecule has 1 aliphatic carbocycles. The first-order chi connectivity index (χ1) is 18.0. The summed E-state index contributed by atoms with van der Waals surface area (Å²) in [6, 6.07) is 18.4. The summed E-state index contributed by atoms with van der Waals surface area (Å²) >= 11 is 0. The molecule has 1 saturated heterocycles. The molecule has 37 heavy (non-hydrogen) atoms. The highest BCUT2D eigenvalue weighted by Gasteiger charge is 2.17. The normalized spacial score (nSPS) is 15.1. The molecule has 0 unspecified atom stereocenters. The summed E-state index contributed by atoms with van der Waals surface area (Å²) in [5.41, 5.74) is 6.94. The molecule has 0 radical (unpaired) electrons. The van der Waals surface area contributed by atoms with Crippen molar-refractivity contribution in [2.24, 2.45) is 7.05 Å². The molecular weight excluding hydrogens is 464 g/mol. The highest BCUT2D eigenvalue weighted by Crippen LogP contribution is 2.32. The second-order valence-corrected chi connectivity index (χ2v) is 9.56. The van der Waals surface area contributed by atoms with Crippen molar-refractivity contribution in [3.8, 4) is 28.1 Å².